The van der Waals surface area contributed by atoms with E-state index in [0.29, 0.717) is 32.5 Å². The van der Waals surface area contributed by atoms with E-state index in [1.54, 1.807) is 4.90 Å². The normalized spacial score (nSPS) is 17.9. The molecule has 10 heteroatoms. The lowest BCUT2D eigenvalue weighted by Gasteiger charge is -2.40. The van der Waals surface area contributed by atoms with Gasteiger partial charge in [-0.15, -0.1) is 0 Å². The number of likely N-dealkylation sites (tertiary alicyclic amines) is 1. The predicted octanol–water partition coefficient (Wildman–Crippen LogP) is 3.43. The number of nitro benzene ring substituents is 1. The Morgan fingerprint density at radius 1 is 0.973 bits per heavy atom. The number of nitrogens with zero attached hydrogens (tertiary/aromatic N) is 4. The summed E-state index contributed by atoms with van der Waals surface area (Å²) in [6, 6.07) is 9.11. The summed E-state index contributed by atoms with van der Waals surface area (Å²) in [6.45, 7) is 7.71. The van der Waals surface area contributed by atoms with Crippen LogP contribution in [0.5, 0.6) is 11.5 Å². The number of anilines is 1. The molecule has 2 saturated heterocycles. The van der Waals surface area contributed by atoms with Gasteiger partial charge in [0.2, 0.25) is 11.7 Å². The van der Waals surface area contributed by atoms with E-state index in [-0.39, 0.29) is 41.1 Å². The van der Waals surface area contributed by atoms with Gasteiger partial charge >= 0.3 is 5.69 Å². The summed E-state index contributed by atoms with van der Waals surface area (Å²) >= 11 is 0. The van der Waals surface area contributed by atoms with Gasteiger partial charge in [0, 0.05) is 45.0 Å². The van der Waals surface area contributed by atoms with Gasteiger partial charge in [-0.25, -0.2) is 0 Å². The van der Waals surface area contributed by atoms with Gasteiger partial charge in [0.1, 0.15) is 5.75 Å². The SMILES string of the molecule is COc1cc(C(=O)N2CCCC(C(=O)N3CCN(c4ccc(C)cc4C)CC3)C2)c(OC)c([N+](=O)[O-])c1. The summed E-state index contributed by atoms with van der Waals surface area (Å²) < 4.78 is 10.4. The van der Waals surface area contributed by atoms with E-state index in [9.17, 15) is 19.7 Å². The zero-order chi connectivity index (χ0) is 26.7. The van der Waals surface area contributed by atoms with Crippen LogP contribution in [0.4, 0.5) is 11.4 Å². The van der Waals surface area contributed by atoms with Crippen molar-refractivity contribution in [1.29, 1.82) is 0 Å². The van der Waals surface area contributed by atoms with E-state index in [4.69, 9.17) is 9.47 Å². The Bertz CT molecular complexity index is 1190. The zero-order valence-corrected chi connectivity index (χ0v) is 21.9. The quantitative estimate of drug-likeness (QED) is 0.433. The topological polar surface area (TPSA) is 105 Å². The molecule has 10 nitrogen and oxygen atoms in total. The third kappa shape index (κ3) is 5.47. The molecule has 2 aromatic rings. The number of hydrogen-bond acceptors (Lipinski definition) is 7. The van der Waals surface area contributed by atoms with Crippen molar-refractivity contribution in [1.82, 2.24) is 9.80 Å². The lowest BCUT2D eigenvalue weighted by Crippen LogP contribution is -2.53. The van der Waals surface area contributed by atoms with Crippen molar-refractivity contribution in [3.05, 3.63) is 57.1 Å². The van der Waals surface area contributed by atoms with Crippen LogP contribution in [0.15, 0.2) is 30.3 Å². The summed E-state index contributed by atoms with van der Waals surface area (Å²) in [7, 11) is 2.68. The monoisotopic (exact) mass is 510 g/mol. The van der Waals surface area contributed by atoms with E-state index < -0.39 is 10.8 Å². The fraction of sp³-hybridized carbons (Fsp3) is 0.481. The second-order valence-corrected chi connectivity index (χ2v) is 9.68. The van der Waals surface area contributed by atoms with Crippen LogP contribution in [0.3, 0.4) is 0 Å². The molecule has 0 radical (unpaired) electrons. The third-order valence-electron chi connectivity index (χ3n) is 7.25. The fourth-order valence-corrected chi connectivity index (χ4v) is 5.33. The van der Waals surface area contributed by atoms with Gasteiger partial charge in [0.25, 0.3) is 5.91 Å². The van der Waals surface area contributed by atoms with Crippen molar-refractivity contribution in [2.24, 2.45) is 5.92 Å². The number of amides is 2. The molecule has 0 N–H and O–H groups in total. The molecular weight excluding hydrogens is 476 g/mol. The van der Waals surface area contributed by atoms with Crippen molar-refractivity contribution >= 4 is 23.2 Å². The van der Waals surface area contributed by atoms with Crippen molar-refractivity contribution in [2.45, 2.75) is 26.7 Å². The second-order valence-electron chi connectivity index (χ2n) is 9.68. The Morgan fingerprint density at radius 3 is 2.32 bits per heavy atom. The zero-order valence-electron chi connectivity index (χ0n) is 21.9. The highest BCUT2D eigenvalue weighted by Gasteiger charge is 2.35. The van der Waals surface area contributed by atoms with E-state index in [0.717, 1.165) is 13.1 Å². The highest BCUT2D eigenvalue weighted by Crippen LogP contribution is 2.36. The molecule has 1 unspecified atom stereocenters. The highest BCUT2D eigenvalue weighted by atomic mass is 16.6. The summed E-state index contributed by atoms with van der Waals surface area (Å²) in [5.41, 5.74) is 3.38. The van der Waals surface area contributed by atoms with Crippen LogP contribution in [0.2, 0.25) is 0 Å². The van der Waals surface area contributed by atoms with Gasteiger partial charge in [0.15, 0.2) is 0 Å². The Hall–Kier alpha value is -3.82. The number of rotatable bonds is 6. The number of methoxy groups -OCH3 is 2. The van der Waals surface area contributed by atoms with Gasteiger partial charge in [-0.2, -0.15) is 0 Å². The first kappa shape index (κ1) is 26.2. The molecule has 198 valence electrons. The number of ether oxygens (including phenoxy) is 2. The minimum atomic E-state index is -0.599. The van der Waals surface area contributed by atoms with Crippen molar-refractivity contribution in [3.63, 3.8) is 0 Å². The number of aryl methyl sites for hydroxylation is 2. The number of piperidine rings is 1. The van der Waals surface area contributed by atoms with Crippen LogP contribution in [-0.4, -0.2) is 80.0 Å². The number of piperazine rings is 1. The molecular formula is C27H34N4O6. The first-order valence-electron chi connectivity index (χ1n) is 12.5. The highest BCUT2D eigenvalue weighted by molar-refractivity contribution is 5.99. The minimum absolute atomic E-state index is 0.0568. The maximum absolute atomic E-state index is 13.5. The van der Waals surface area contributed by atoms with Gasteiger partial charge in [-0.3, -0.25) is 19.7 Å². The smallest absolute Gasteiger partial charge is 0.315 e. The second kappa shape index (κ2) is 11.1. The van der Waals surface area contributed by atoms with Gasteiger partial charge in [-0.05, 0) is 44.4 Å². The summed E-state index contributed by atoms with van der Waals surface area (Å²) in [5, 5.41) is 11.6. The Kier molecular flexibility index (Phi) is 7.85. The van der Waals surface area contributed by atoms with Crippen molar-refractivity contribution < 1.29 is 24.0 Å². The van der Waals surface area contributed by atoms with E-state index in [1.165, 1.54) is 43.2 Å². The van der Waals surface area contributed by atoms with E-state index in [2.05, 4.69) is 36.9 Å². The Labute approximate surface area is 216 Å². The molecule has 37 heavy (non-hydrogen) atoms. The predicted molar refractivity (Wildman–Crippen MR) is 140 cm³/mol. The molecule has 0 aromatic heterocycles. The van der Waals surface area contributed by atoms with Crippen LogP contribution >= 0.6 is 0 Å². The van der Waals surface area contributed by atoms with Gasteiger partial charge in [0.05, 0.1) is 36.7 Å². The Morgan fingerprint density at radius 2 is 1.70 bits per heavy atom. The average molecular weight is 511 g/mol. The van der Waals surface area contributed by atoms with Crippen LogP contribution in [0.1, 0.15) is 34.3 Å². The minimum Gasteiger partial charge on any atom is -0.496 e. The number of carbonyl (C=O) groups is 2. The molecule has 0 spiro atoms. The van der Waals surface area contributed by atoms with Crippen LogP contribution in [0.25, 0.3) is 0 Å². The molecule has 2 amide bonds. The molecule has 2 heterocycles. The first-order chi connectivity index (χ1) is 17.7. The van der Waals surface area contributed by atoms with Gasteiger partial charge in [-0.1, -0.05) is 17.7 Å². The third-order valence-corrected chi connectivity index (χ3v) is 7.25. The molecule has 2 aliphatic heterocycles. The molecule has 2 fully saturated rings. The van der Waals surface area contributed by atoms with Crippen LogP contribution in [0, 0.1) is 29.9 Å². The molecule has 4 rings (SSSR count). The molecule has 1 atom stereocenters. The van der Waals surface area contributed by atoms with E-state index >= 15 is 0 Å². The number of hydrogen-bond donors (Lipinski definition) is 0. The van der Waals surface area contributed by atoms with Crippen molar-refractivity contribution in [3.8, 4) is 11.5 Å². The molecule has 0 saturated carbocycles. The number of carbonyl (C=O) groups excluding carboxylic acids is 2. The number of benzene rings is 2. The van der Waals surface area contributed by atoms with Crippen LogP contribution in [-0.2, 0) is 4.79 Å². The standard InChI is InChI=1S/C27H34N4O6/c1-18-7-8-23(19(2)14-18)28-10-12-29(13-11-28)26(32)20-6-5-9-30(17-20)27(33)22-15-21(36-3)16-24(31(34)35)25(22)37-4/h7-8,14-16,20H,5-6,9-13,17H2,1-4H3. The molecule has 2 aromatic carbocycles. The van der Waals surface area contributed by atoms with Crippen LogP contribution < -0.4 is 14.4 Å². The maximum atomic E-state index is 13.5. The molecule has 0 bridgehead atoms. The maximum Gasteiger partial charge on any atom is 0.315 e. The summed E-state index contributed by atoms with van der Waals surface area (Å²) in [4.78, 5) is 43.6. The van der Waals surface area contributed by atoms with Crippen molar-refractivity contribution in [2.75, 3.05) is 58.4 Å². The largest absolute Gasteiger partial charge is 0.496 e. The molecule has 2 aliphatic rings. The fourth-order valence-electron chi connectivity index (χ4n) is 5.33. The van der Waals surface area contributed by atoms with Gasteiger partial charge < -0.3 is 24.2 Å². The first-order valence-corrected chi connectivity index (χ1v) is 12.5. The molecule has 0 aliphatic carbocycles. The Balaban J connectivity index is 1.44. The average Bonchev–Trinajstić information content (AvgIpc) is 2.91. The summed E-state index contributed by atoms with van der Waals surface area (Å²) in [6.07, 6.45) is 1.38. The lowest BCUT2D eigenvalue weighted by molar-refractivity contribution is -0.385. The number of nitro groups is 1. The summed E-state index contributed by atoms with van der Waals surface area (Å²) in [5.74, 6) is -0.566. The van der Waals surface area contributed by atoms with E-state index in [1.807, 2.05) is 4.90 Å². The lowest BCUT2D eigenvalue weighted by atomic mass is 9.95.